The van der Waals surface area contributed by atoms with E-state index >= 15 is 0 Å². The van der Waals surface area contributed by atoms with E-state index in [0.717, 1.165) is 24.1 Å². The number of carbonyl (C=O) groups is 1. The number of rotatable bonds is 0. The lowest BCUT2D eigenvalue weighted by Crippen LogP contribution is -2.32. The van der Waals surface area contributed by atoms with Crippen LogP contribution in [0.1, 0.15) is 25.3 Å². The lowest BCUT2D eigenvalue weighted by Gasteiger charge is -2.28. The number of allylic oxidation sites excluding steroid dienone is 3. The van der Waals surface area contributed by atoms with Gasteiger partial charge in [-0.05, 0) is 35.6 Å². The van der Waals surface area contributed by atoms with Crippen LogP contribution in [-0.4, -0.2) is 12.5 Å². The SMILES string of the molecule is CC(=O)N1CC2=CCCC=C2/C=C\c2ccccc21. The Bertz CT molecular complexity index is 607. The zero-order valence-corrected chi connectivity index (χ0v) is 11.1. The van der Waals surface area contributed by atoms with Crippen molar-refractivity contribution in [1.82, 2.24) is 0 Å². The molecular formula is C17H17NO. The fraction of sp³-hybridized carbons (Fsp3) is 0.235. The van der Waals surface area contributed by atoms with Crippen LogP contribution in [0.3, 0.4) is 0 Å². The van der Waals surface area contributed by atoms with E-state index in [0.29, 0.717) is 6.54 Å². The number of para-hydroxylation sites is 1. The number of hydrogen-bond donors (Lipinski definition) is 0. The van der Waals surface area contributed by atoms with Gasteiger partial charge in [-0.3, -0.25) is 4.79 Å². The van der Waals surface area contributed by atoms with Crippen molar-refractivity contribution < 1.29 is 4.79 Å². The molecule has 1 aromatic carbocycles. The lowest BCUT2D eigenvalue weighted by atomic mass is 9.94. The first-order valence-corrected chi connectivity index (χ1v) is 6.70. The average Bonchev–Trinajstić information content (AvgIpc) is 2.41. The van der Waals surface area contributed by atoms with Crippen molar-refractivity contribution in [3.05, 3.63) is 59.2 Å². The zero-order valence-electron chi connectivity index (χ0n) is 11.1. The Balaban J connectivity index is 2.13. The number of hydrogen-bond acceptors (Lipinski definition) is 1. The highest BCUT2D eigenvalue weighted by Gasteiger charge is 2.19. The maximum absolute atomic E-state index is 12.0. The number of fused-ring (bicyclic) bond motifs is 2. The number of anilines is 1. The van der Waals surface area contributed by atoms with Gasteiger partial charge in [-0.15, -0.1) is 0 Å². The van der Waals surface area contributed by atoms with Crippen LogP contribution in [0.5, 0.6) is 0 Å². The molecule has 3 rings (SSSR count). The van der Waals surface area contributed by atoms with Crippen molar-refractivity contribution in [3.8, 4) is 0 Å². The summed E-state index contributed by atoms with van der Waals surface area (Å²) in [6, 6.07) is 8.06. The van der Waals surface area contributed by atoms with Crippen molar-refractivity contribution in [3.63, 3.8) is 0 Å². The highest BCUT2D eigenvalue weighted by molar-refractivity contribution is 5.95. The van der Waals surface area contributed by atoms with E-state index in [4.69, 9.17) is 0 Å². The molecule has 0 saturated carbocycles. The minimum absolute atomic E-state index is 0.0913. The standard InChI is InChI=1S/C17H17NO/c1-13(19)18-12-16-8-3-2-6-14(16)10-11-15-7-4-5-9-17(15)18/h4-11H,2-3,12H2,1H3/b11-10-. The second-order valence-electron chi connectivity index (χ2n) is 4.96. The van der Waals surface area contributed by atoms with E-state index in [1.165, 1.54) is 11.1 Å². The van der Waals surface area contributed by atoms with Crippen LogP contribution < -0.4 is 4.90 Å². The molecule has 0 aromatic heterocycles. The molecular weight excluding hydrogens is 234 g/mol. The Morgan fingerprint density at radius 2 is 1.89 bits per heavy atom. The molecule has 1 aromatic rings. The van der Waals surface area contributed by atoms with E-state index in [1.807, 2.05) is 23.1 Å². The maximum atomic E-state index is 12.0. The summed E-state index contributed by atoms with van der Waals surface area (Å²) in [4.78, 5) is 13.8. The first kappa shape index (κ1) is 12.0. The first-order chi connectivity index (χ1) is 9.25. The van der Waals surface area contributed by atoms with Gasteiger partial charge in [-0.2, -0.15) is 0 Å². The van der Waals surface area contributed by atoms with Crippen LogP contribution in [0.2, 0.25) is 0 Å². The van der Waals surface area contributed by atoms with Gasteiger partial charge >= 0.3 is 0 Å². The Morgan fingerprint density at radius 1 is 1.11 bits per heavy atom. The first-order valence-electron chi connectivity index (χ1n) is 6.70. The van der Waals surface area contributed by atoms with E-state index in [-0.39, 0.29) is 5.91 Å². The Kier molecular flexibility index (Phi) is 3.08. The maximum Gasteiger partial charge on any atom is 0.224 e. The molecule has 1 aliphatic heterocycles. The minimum atomic E-state index is 0.0913. The van der Waals surface area contributed by atoms with Gasteiger partial charge in [0.2, 0.25) is 5.91 Å². The van der Waals surface area contributed by atoms with Crippen LogP contribution in [0.4, 0.5) is 5.69 Å². The number of nitrogens with zero attached hydrogens (tertiary/aromatic N) is 1. The van der Waals surface area contributed by atoms with Gasteiger partial charge in [0.15, 0.2) is 0 Å². The molecule has 1 aliphatic carbocycles. The van der Waals surface area contributed by atoms with Gasteiger partial charge in [0, 0.05) is 6.92 Å². The van der Waals surface area contributed by atoms with Crippen molar-refractivity contribution in [2.45, 2.75) is 19.8 Å². The third-order valence-corrected chi connectivity index (χ3v) is 3.67. The average molecular weight is 251 g/mol. The fourth-order valence-corrected chi connectivity index (χ4v) is 2.67. The molecule has 0 bridgehead atoms. The molecule has 0 spiro atoms. The summed E-state index contributed by atoms with van der Waals surface area (Å²) in [5.74, 6) is 0.0913. The summed E-state index contributed by atoms with van der Waals surface area (Å²) in [6.07, 6.45) is 10.9. The van der Waals surface area contributed by atoms with Crippen molar-refractivity contribution in [2.75, 3.05) is 11.4 Å². The molecule has 2 heteroatoms. The molecule has 2 nitrogen and oxygen atoms in total. The van der Waals surface area contributed by atoms with Gasteiger partial charge in [0.25, 0.3) is 0 Å². The van der Waals surface area contributed by atoms with E-state index in [1.54, 1.807) is 6.92 Å². The quantitative estimate of drug-likeness (QED) is 0.688. The van der Waals surface area contributed by atoms with Crippen molar-refractivity contribution in [1.29, 1.82) is 0 Å². The van der Waals surface area contributed by atoms with Gasteiger partial charge in [-0.25, -0.2) is 0 Å². The molecule has 0 N–H and O–H groups in total. The predicted octanol–water partition coefficient (Wildman–Crippen LogP) is 3.71. The van der Waals surface area contributed by atoms with E-state index < -0.39 is 0 Å². The molecule has 0 atom stereocenters. The van der Waals surface area contributed by atoms with Crippen LogP contribution in [-0.2, 0) is 4.79 Å². The van der Waals surface area contributed by atoms with Crippen LogP contribution in [0.15, 0.2) is 53.6 Å². The molecule has 1 heterocycles. The van der Waals surface area contributed by atoms with Gasteiger partial charge in [0.1, 0.15) is 0 Å². The number of carbonyl (C=O) groups excluding carboxylic acids is 1. The highest BCUT2D eigenvalue weighted by atomic mass is 16.2. The summed E-state index contributed by atoms with van der Waals surface area (Å²) >= 11 is 0. The molecule has 2 aliphatic rings. The lowest BCUT2D eigenvalue weighted by molar-refractivity contribution is -0.116. The molecule has 0 unspecified atom stereocenters. The van der Waals surface area contributed by atoms with E-state index in [9.17, 15) is 4.79 Å². The summed E-state index contributed by atoms with van der Waals surface area (Å²) in [7, 11) is 0. The Morgan fingerprint density at radius 3 is 2.74 bits per heavy atom. The Hall–Kier alpha value is -2.09. The monoisotopic (exact) mass is 251 g/mol. The fourth-order valence-electron chi connectivity index (χ4n) is 2.67. The molecule has 0 fully saturated rings. The summed E-state index contributed by atoms with van der Waals surface area (Å²) in [5, 5.41) is 0. The summed E-state index contributed by atoms with van der Waals surface area (Å²) < 4.78 is 0. The topological polar surface area (TPSA) is 20.3 Å². The predicted molar refractivity (Wildman–Crippen MR) is 78.9 cm³/mol. The van der Waals surface area contributed by atoms with Gasteiger partial charge in [0.05, 0.1) is 12.2 Å². The molecule has 0 saturated heterocycles. The number of amides is 1. The molecule has 1 amide bonds. The summed E-state index contributed by atoms with van der Waals surface area (Å²) in [5.41, 5.74) is 4.61. The van der Waals surface area contributed by atoms with Gasteiger partial charge < -0.3 is 4.90 Å². The number of benzene rings is 1. The molecule has 96 valence electrons. The normalized spacial score (nSPS) is 19.3. The second-order valence-corrected chi connectivity index (χ2v) is 4.96. The van der Waals surface area contributed by atoms with Gasteiger partial charge in [-0.1, -0.05) is 42.5 Å². The second kappa shape index (κ2) is 4.88. The Labute approximate surface area is 113 Å². The van der Waals surface area contributed by atoms with Crippen molar-refractivity contribution in [2.24, 2.45) is 0 Å². The minimum Gasteiger partial charge on any atom is -0.308 e. The van der Waals surface area contributed by atoms with Crippen LogP contribution >= 0.6 is 0 Å². The molecule has 19 heavy (non-hydrogen) atoms. The highest BCUT2D eigenvalue weighted by Crippen LogP contribution is 2.30. The smallest absolute Gasteiger partial charge is 0.224 e. The van der Waals surface area contributed by atoms with Crippen LogP contribution in [0.25, 0.3) is 6.08 Å². The zero-order chi connectivity index (χ0) is 13.2. The largest absolute Gasteiger partial charge is 0.308 e. The van der Waals surface area contributed by atoms with Crippen molar-refractivity contribution >= 4 is 17.7 Å². The summed E-state index contributed by atoms with van der Waals surface area (Å²) in [6.45, 7) is 2.30. The third kappa shape index (κ3) is 2.26. The van der Waals surface area contributed by atoms with E-state index in [2.05, 4.69) is 30.4 Å². The van der Waals surface area contributed by atoms with Crippen LogP contribution in [0, 0.1) is 0 Å². The molecule has 0 radical (unpaired) electrons. The third-order valence-electron chi connectivity index (χ3n) is 3.67.